The van der Waals surface area contributed by atoms with Crippen molar-refractivity contribution >= 4 is 17.4 Å². The molecule has 1 aromatic carbocycles. The Hall–Kier alpha value is -2.47. The van der Waals surface area contributed by atoms with Crippen LogP contribution < -0.4 is 4.90 Å². The zero-order chi connectivity index (χ0) is 17.6. The number of rotatable bonds is 4. The summed E-state index contributed by atoms with van der Waals surface area (Å²) < 4.78 is 0. The van der Waals surface area contributed by atoms with E-state index in [2.05, 4.69) is 10.2 Å². The van der Waals surface area contributed by atoms with Crippen molar-refractivity contribution in [1.29, 1.82) is 0 Å². The molecule has 2 N–H and O–H groups in total. The van der Waals surface area contributed by atoms with Crippen molar-refractivity contribution in [2.75, 3.05) is 4.90 Å². The summed E-state index contributed by atoms with van der Waals surface area (Å²) in [6.07, 6.45) is -0.298. The molecule has 1 atom stereocenters. The fourth-order valence-electron chi connectivity index (χ4n) is 3.42. The molecule has 6 heteroatoms. The fourth-order valence-corrected chi connectivity index (χ4v) is 3.42. The molecule has 0 bridgehead atoms. The van der Waals surface area contributed by atoms with E-state index in [9.17, 15) is 14.7 Å². The SMILES string of the molecule is Cc1n[nH]c(C)c1C(=O)CC1(O)C(=O)N(C(C)C)c2ccccc21. The Morgan fingerprint density at radius 1 is 1.33 bits per heavy atom. The molecule has 1 unspecified atom stereocenters. The minimum absolute atomic E-state index is 0.111. The van der Waals surface area contributed by atoms with Crippen LogP contribution in [-0.4, -0.2) is 33.0 Å². The Kier molecular flexibility index (Phi) is 3.80. The number of carbonyl (C=O) groups is 2. The maximum Gasteiger partial charge on any atom is 0.264 e. The highest BCUT2D eigenvalue weighted by molar-refractivity contribution is 6.11. The third kappa shape index (κ3) is 2.26. The summed E-state index contributed by atoms with van der Waals surface area (Å²) in [6, 6.07) is 6.97. The molecule has 1 amide bonds. The minimum Gasteiger partial charge on any atom is -0.375 e. The first-order valence-corrected chi connectivity index (χ1v) is 7.97. The number of amides is 1. The van der Waals surface area contributed by atoms with Crippen LogP contribution in [0, 0.1) is 13.8 Å². The highest BCUT2D eigenvalue weighted by atomic mass is 16.3. The number of anilines is 1. The van der Waals surface area contributed by atoms with Gasteiger partial charge in [-0.1, -0.05) is 18.2 Å². The van der Waals surface area contributed by atoms with Gasteiger partial charge in [-0.15, -0.1) is 0 Å². The van der Waals surface area contributed by atoms with Crippen LogP contribution in [0.25, 0.3) is 0 Å². The van der Waals surface area contributed by atoms with E-state index in [1.54, 1.807) is 36.9 Å². The number of aliphatic hydroxyl groups is 1. The first-order valence-electron chi connectivity index (χ1n) is 7.97. The lowest BCUT2D eigenvalue weighted by Crippen LogP contribution is -2.44. The van der Waals surface area contributed by atoms with E-state index in [4.69, 9.17) is 0 Å². The van der Waals surface area contributed by atoms with Crippen LogP contribution >= 0.6 is 0 Å². The van der Waals surface area contributed by atoms with Gasteiger partial charge in [0, 0.05) is 17.3 Å². The van der Waals surface area contributed by atoms with Crippen LogP contribution in [0.3, 0.4) is 0 Å². The molecule has 0 saturated heterocycles. The van der Waals surface area contributed by atoms with Gasteiger partial charge in [0.25, 0.3) is 5.91 Å². The van der Waals surface area contributed by atoms with Gasteiger partial charge in [0.2, 0.25) is 0 Å². The lowest BCUT2D eigenvalue weighted by Gasteiger charge is -2.25. The molecule has 2 heterocycles. The molecule has 0 fully saturated rings. The van der Waals surface area contributed by atoms with Crippen molar-refractivity contribution in [1.82, 2.24) is 10.2 Å². The number of hydrogen-bond acceptors (Lipinski definition) is 4. The largest absolute Gasteiger partial charge is 0.375 e. The van der Waals surface area contributed by atoms with E-state index in [-0.39, 0.29) is 18.2 Å². The number of hydrogen-bond donors (Lipinski definition) is 2. The molecule has 24 heavy (non-hydrogen) atoms. The summed E-state index contributed by atoms with van der Waals surface area (Å²) in [5, 5.41) is 17.9. The number of benzene rings is 1. The number of Topliss-reactive ketones (excluding diaryl/α,β-unsaturated/α-hetero) is 1. The van der Waals surface area contributed by atoms with Crippen molar-refractivity contribution in [3.05, 3.63) is 46.8 Å². The van der Waals surface area contributed by atoms with Gasteiger partial charge in [-0.05, 0) is 33.8 Å². The highest BCUT2D eigenvalue weighted by Crippen LogP contribution is 2.43. The second kappa shape index (κ2) is 5.56. The molecule has 1 aliphatic rings. The van der Waals surface area contributed by atoms with Crippen LogP contribution in [0.2, 0.25) is 0 Å². The van der Waals surface area contributed by atoms with E-state index in [1.807, 2.05) is 19.9 Å². The number of aryl methyl sites for hydroxylation is 2. The Labute approximate surface area is 140 Å². The van der Waals surface area contributed by atoms with E-state index in [1.165, 1.54) is 0 Å². The van der Waals surface area contributed by atoms with Crippen molar-refractivity contribution in [3.8, 4) is 0 Å². The van der Waals surface area contributed by atoms with Gasteiger partial charge >= 0.3 is 0 Å². The molecule has 0 aliphatic carbocycles. The summed E-state index contributed by atoms with van der Waals surface area (Å²) in [7, 11) is 0. The number of fused-ring (bicyclic) bond motifs is 1. The molecule has 0 saturated carbocycles. The normalized spacial score (nSPS) is 19.9. The van der Waals surface area contributed by atoms with Crippen LogP contribution in [-0.2, 0) is 10.4 Å². The Bertz CT molecular complexity index is 805. The van der Waals surface area contributed by atoms with Gasteiger partial charge in [0.1, 0.15) is 0 Å². The molecular formula is C18H21N3O3. The number of nitrogens with zero attached hydrogens (tertiary/aromatic N) is 2. The predicted octanol–water partition coefficient (Wildman–Crippen LogP) is 2.24. The predicted molar refractivity (Wildman–Crippen MR) is 90.0 cm³/mol. The second-order valence-corrected chi connectivity index (χ2v) is 6.56. The quantitative estimate of drug-likeness (QED) is 0.843. The molecular weight excluding hydrogens is 306 g/mol. The smallest absolute Gasteiger partial charge is 0.264 e. The first kappa shape index (κ1) is 16.4. The average molecular weight is 327 g/mol. The highest BCUT2D eigenvalue weighted by Gasteiger charge is 2.51. The Morgan fingerprint density at radius 3 is 2.58 bits per heavy atom. The van der Waals surface area contributed by atoms with Crippen LogP contribution in [0.1, 0.15) is 47.6 Å². The van der Waals surface area contributed by atoms with E-state index in [0.29, 0.717) is 28.2 Å². The molecule has 0 radical (unpaired) electrons. The zero-order valence-electron chi connectivity index (χ0n) is 14.3. The number of ketones is 1. The number of nitrogens with one attached hydrogen (secondary N) is 1. The van der Waals surface area contributed by atoms with E-state index >= 15 is 0 Å². The molecule has 126 valence electrons. The summed E-state index contributed by atoms with van der Waals surface area (Å²) in [6.45, 7) is 7.24. The van der Waals surface area contributed by atoms with Gasteiger partial charge in [-0.3, -0.25) is 14.7 Å². The summed E-state index contributed by atoms with van der Waals surface area (Å²) in [4.78, 5) is 27.2. The lowest BCUT2D eigenvalue weighted by molar-refractivity contribution is -0.136. The van der Waals surface area contributed by atoms with Crippen molar-refractivity contribution in [3.63, 3.8) is 0 Å². The van der Waals surface area contributed by atoms with Crippen LogP contribution in [0.4, 0.5) is 5.69 Å². The van der Waals surface area contributed by atoms with Crippen LogP contribution in [0.5, 0.6) is 0 Å². The average Bonchev–Trinajstić information content (AvgIpc) is 2.96. The van der Waals surface area contributed by atoms with Crippen molar-refractivity contribution < 1.29 is 14.7 Å². The molecule has 2 aromatic rings. The van der Waals surface area contributed by atoms with Gasteiger partial charge < -0.3 is 10.0 Å². The van der Waals surface area contributed by atoms with Crippen molar-refractivity contribution in [2.45, 2.75) is 45.8 Å². The maximum atomic E-state index is 12.9. The van der Waals surface area contributed by atoms with Gasteiger partial charge in [-0.25, -0.2) is 0 Å². The summed E-state index contributed by atoms with van der Waals surface area (Å²) >= 11 is 0. The fraction of sp³-hybridized carbons (Fsp3) is 0.389. The number of carbonyl (C=O) groups excluding carboxylic acids is 2. The monoisotopic (exact) mass is 327 g/mol. The zero-order valence-corrected chi connectivity index (χ0v) is 14.3. The maximum absolute atomic E-state index is 12.9. The third-order valence-corrected chi connectivity index (χ3v) is 4.52. The number of aromatic amines is 1. The van der Waals surface area contributed by atoms with E-state index in [0.717, 1.165) is 0 Å². The summed E-state index contributed by atoms with van der Waals surface area (Å²) in [5.41, 5.74) is 0.954. The van der Waals surface area contributed by atoms with Gasteiger partial charge in [-0.2, -0.15) is 5.10 Å². The first-order chi connectivity index (χ1) is 11.3. The van der Waals surface area contributed by atoms with Gasteiger partial charge in [0.15, 0.2) is 11.4 Å². The molecule has 1 aliphatic heterocycles. The van der Waals surface area contributed by atoms with Gasteiger partial charge in [0.05, 0.1) is 23.4 Å². The Balaban J connectivity index is 2.04. The minimum atomic E-state index is -1.84. The van der Waals surface area contributed by atoms with Crippen molar-refractivity contribution in [2.24, 2.45) is 0 Å². The molecule has 6 nitrogen and oxygen atoms in total. The Morgan fingerprint density at radius 2 is 2.00 bits per heavy atom. The molecule has 1 aromatic heterocycles. The number of aromatic nitrogens is 2. The van der Waals surface area contributed by atoms with E-state index < -0.39 is 11.5 Å². The topological polar surface area (TPSA) is 86.3 Å². The molecule has 3 rings (SSSR count). The second-order valence-electron chi connectivity index (χ2n) is 6.56. The number of para-hydroxylation sites is 1. The summed E-state index contributed by atoms with van der Waals surface area (Å²) in [5.74, 6) is -0.749. The molecule has 0 spiro atoms. The number of H-pyrrole nitrogens is 1. The van der Waals surface area contributed by atoms with Crippen LogP contribution in [0.15, 0.2) is 24.3 Å². The third-order valence-electron chi connectivity index (χ3n) is 4.52. The standard InChI is InChI=1S/C18H21N3O3/c1-10(2)21-14-8-6-5-7-13(14)18(24,17(21)23)9-15(22)16-11(3)19-20-12(16)4/h5-8,10,24H,9H2,1-4H3,(H,19,20). The lowest BCUT2D eigenvalue weighted by atomic mass is 9.87.